The fourth-order valence-electron chi connectivity index (χ4n) is 1.71. The van der Waals surface area contributed by atoms with Crippen LogP contribution in [-0.2, 0) is 0 Å². The molecule has 0 saturated heterocycles. The van der Waals surface area contributed by atoms with Gasteiger partial charge in [0.25, 0.3) is 0 Å². The lowest BCUT2D eigenvalue weighted by Crippen LogP contribution is -2.23. The van der Waals surface area contributed by atoms with Gasteiger partial charge in [0.2, 0.25) is 0 Å². The van der Waals surface area contributed by atoms with Crippen LogP contribution in [0.4, 0.5) is 0 Å². The summed E-state index contributed by atoms with van der Waals surface area (Å²) in [5, 5.41) is 3.41. The van der Waals surface area contributed by atoms with Crippen LogP contribution in [0.15, 0.2) is 24.5 Å². The van der Waals surface area contributed by atoms with Gasteiger partial charge in [-0.2, -0.15) is 0 Å². The number of pyridine rings is 1. The monoisotopic (exact) mass is 262 g/mol. The van der Waals surface area contributed by atoms with Gasteiger partial charge in [-0.1, -0.05) is 26.8 Å². The fourth-order valence-corrected chi connectivity index (χ4v) is 1.71. The molecule has 0 amide bonds. The van der Waals surface area contributed by atoms with Crippen LogP contribution in [-0.4, -0.2) is 24.2 Å². The molecule has 1 rings (SSSR count). The van der Waals surface area contributed by atoms with E-state index in [-0.39, 0.29) is 0 Å². The number of rotatable bonds is 8. The first-order valence-corrected chi connectivity index (χ1v) is 7.11. The Hall–Kier alpha value is -1.35. The average molecular weight is 262 g/mol. The Balaban J connectivity index is 2.55. The molecule has 3 nitrogen and oxygen atoms in total. The summed E-state index contributed by atoms with van der Waals surface area (Å²) in [6.45, 7) is 10.3. The number of allylic oxidation sites excluding steroid dienone is 1. The van der Waals surface area contributed by atoms with E-state index in [1.807, 2.05) is 6.20 Å². The van der Waals surface area contributed by atoms with E-state index < -0.39 is 0 Å². The van der Waals surface area contributed by atoms with E-state index in [1.165, 1.54) is 5.57 Å². The van der Waals surface area contributed by atoms with Crippen LogP contribution in [0, 0.1) is 0 Å². The van der Waals surface area contributed by atoms with E-state index in [0.717, 1.165) is 37.3 Å². The van der Waals surface area contributed by atoms with Crippen molar-refractivity contribution >= 4 is 5.57 Å². The topological polar surface area (TPSA) is 34.1 Å². The minimum atomic E-state index is 0.543. The van der Waals surface area contributed by atoms with Crippen molar-refractivity contribution in [2.45, 2.75) is 46.6 Å². The van der Waals surface area contributed by atoms with Crippen molar-refractivity contribution in [2.24, 2.45) is 0 Å². The summed E-state index contributed by atoms with van der Waals surface area (Å²) in [7, 11) is 0. The molecule has 19 heavy (non-hydrogen) atoms. The third-order valence-electron chi connectivity index (χ3n) is 2.79. The third-order valence-corrected chi connectivity index (χ3v) is 2.79. The molecule has 106 valence electrons. The number of hydrogen-bond acceptors (Lipinski definition) is 3. The zero-order valence-electron chi connectivity index (χ0n) is 12.6. The molecule has 0 saturated carbocycles. The van der Waals surface area contributed by atoms with Crippen LogP contribution >= 0.6 is 0 Å². The first-order valence-electron chi connectivity index (χ1n) is 7.11. The van der Waals surface area contributed by atoms with Crippen molar-refractivity contribution in [3.8, 4) is 5.75 Å². The largest absolute Gasteiger partial charge is 0.492 e. The summed E-state index contributed by atoms with van der Waals surface area (Å²) in [5.41, 5.74) is 2.39. The van der Waals surface area contributed by atoms with Crippen LogP contribution in [0.3, 0.4) is 0 Å². The number of ether oxygens (including phenoxy) is 1. The molecule has 0 radical (unpaired) electrons. The zero-order chi connectivity index (χ0) is 14.1. The Morgan fingerprint density at radius 3 is 2.89 bits per heavy atom. The second-order valence-corrected chi connectivity index (χ2v) is 5.04. The summed E-state index contributed by atoms with van der Waals surface area (Å²) < 4.78 is 5.60. The van der Waals surface area contributed by atoms with E-state index in [0.29, 0.717) is 6.04 Å². The Morgan fingerprint density at radius 1 is 1.42 bits per heavy atom. The van der Waals surface area contributed by atoms with Crippen molar-refractivity contribution in [2.75, 3.05) is 13.2 Å². The van der Waals surface area contributed by atoms with Gasteiger partial charge >= 0.3 is 0 Å². The van der Waals surface area contributed by atoms with Gasteiger partial charge < -0.3 is 10.1 Å². The third kappa shape index (κ3) is 6.39. The summed E-state index contributed by atoms with van der Waals surface area (Å²) in [4.78, 5) is 4.23. The molecule has 0 aromatic carbocycles. The lowest BCUT2D eigenvalue weighted by Gasteiger charge is -2.08. The standard InChI is InChI=1S/C16H26N2O/c1-5-9-19-16-10-15(11-17-12-16)14(4)7-6-8-18-13(2)3/h7,10-13,18H,5-6,8-9H2,1-4H3/b14-7+. The van der Waals surface area contributed by atoms with Gasteiger partial charge in [0.1, 0.15) is 5.75 Å². The van der Waals surface area contributed by atoms with Crippen molar-refractivity contribution in [3.63, 3.8) is 0 Å². The molecule has 3 heteroatoms. The summed E-state index contributed by atoms with van der Waals surface area (Å²) in [5.74, 6) is 0.854. The van der Waals surface area contributed by atoms with Gasteiger partial charge in [-0.05, 0) is 43.5 Å². The normalized spacial score (nSPS) is 11.9. The van der Waals surface area contributed by atoms with Crippen molar-refractivity contribution < 1.29 is 4.74 Å². The molecule has 0 bridgehead atoms. The first-order chi connectivity index (χ1) is 9.13. The quantitative estimate of drug-likeness (QED) is 0.726. The Bertz CT molecular complexity index is 399. The maximum atomic E-state index is 5.60. The number of hydrogen-bond donors (Lipinski definition) is 1. The maximum Gasteiger partial charge on any atom is 0.138 e. The minimum absolute atomic E-state index is 0.543. The van der Waals surface area contributed by atoms with E-state index >= 15 is 0 Å². The molecule has 1 heterocycles. The highest BCUT2D eigenvalue weighted by atomic mass is 16.5. The molecule has 0 spiro atoms. The molecule has 0 fully saturated rings. The lowest BCUT2D eigenvalue weighted by molar-refractivity contribution is 0.316. The predicted molar refractivity (Wildman–Crippen MR) is 81.4 cm³/mol. The predicted octanol–water partition coefficient (Wildman–Crippen LogP) is 3.66. The van der Waals surface area contributed by atoms with Crippen LogP contribution < -0.4 is 10.1 Å². The van der Waals surface area contributed by atoms with Crippen molar-refractivity contribution in [1.82, 2.24) is 10.3 Å². The second-order valence-electron chi connectivity index (χ2n) is 5.04. The summed E-state index contributed by atoms with van der Waals surface area (Å²) >= 11 is 0. The van der Waals surface area contributed by atoms with E-state index in [9.17, 15) is 0 Å². The molecule has 0 aliphatic heterocycles. The van der Waals surface area contributed by atoms with Gasteiger partial charge in [0, 0.05) is 12.2 Å². The molecule has 1 aromatic heterocycles. The van der Waals surface area contributed by atoms with E-state index in [4.69, 9.17) is 4.74 Å². The SMILES string of the molecule is CCCOc1cncc(/C(C)=C/CCNC(C)C)c1. The van der Waals surface area contributed by atoms with E-state index in [1.54, 1.807) is 6.20 Å². The molecule has 1 aromatic rings. The molecule has 0 aliphatic rings. The highest BCUT2D eigenvalue weighted by Crippen LogP contribution is 2.18. The van der Waals surface area contributed by atoms with Crippen LogP contribution in [0.1, 0.15) is 46.1 Å². The molecular weight excluding hydrogens is 236 g/mol. The van der Waals surface area contributed by atoms with Crippen LogP contribution in [0.2, 0.25) is 0 Å². The van der Waals surface area contributed by atoms with Crippen molar-refractivity contribution in [1.29, 1.82) is 0 Å². The van der Waals surface area contributed by atoms with Gasteiger partial charge in [-0.3, -0.25) is 4.98 Å². The van der Waals surface area contributed by atoms with Gasteiger partial charge in [-0.25, -0.2) is 0 Å². The lowest BCUT2D eigenvalue weighted by atomic mass is 10.1. The van der Waals surface area contributed by atoms with Crippen LogP contribution in [0.25, 0.3) is 5.57 Å². The molecule has 0 atom stereocenters. The van der Waals surface area contributed by atoms with E-state index in [2.05, 4.69) is 50.1 Å². The Kier molecular flexibility index (Phi) is 7.19. The number of nitrogens with one attached hydrogen (secondary N) is 1. The van der Waals surface area contributed by atoms with Crippen LogP contribution in [0.5, 0.6) is 5.75 Å². The smallest absolute Gasteiger partial charge is 0.138 e. The Morgan fingerprint density at radius 2 is 2.21 bits per heavy atom. The number of aromatic nitrogens is 1. The molecule has 0 unspecified atom stereocenters. The Labute approximate surface area is 117 Å². The minimum Gasteiger partial charge on any atom is -0.492 e. The van der Waals surface area contributed by atoms with Crippen molar-refractivity contribution in [3.05, 3.63) is 30.1 Å². The highest BCUT2D eigenvalue weighted by molar-refractivity contribution is 5.63. The summed E-state index contributed by atoms with van der Waals surface area (Å²) in [6, 6.07) is 2.60. The van der Waals surface area contributed by atoms with Gasteiger partial charge in [0.05, 0.1) is 12.8 Å². The highest BCUT2D eigenvalue weighted by Gasteiger charge is 2.00. The molecule has 1 N–H and O–H groups in total. The van der Waals surface area contributed by atoms with Gasteiger partial charge in [-0.15, -0.1) is 0 Å². The maximum absolute atomic E-state index is 5.60. The molecular formula is C16H26N2O. The summed E-state index contributed by atoms with van der Waals surface area (Å²) in [6.07, 6.45) is 7.95. The number of nitrogens with zero attached hydrogens (tertiary/aromatic N) is 1. The fraction of sp³-hybridized carbons (Fsp3) is 0.562. The average Bonchev–Trinajstić information content (AvgIpc) is 2.41. The van der Waals surface area contributed by atoms with Gasteiger partial charge in [0.15, 0.2) is 0 Å². The first kappa shape index (κ1) is 15.7. The zero-order valence-corrected chi connectivity index (χ0v) is 12.6. The molecule has 0 aliphatic carbocycles. The second kappa shape index (κ2) is 8.70.